The van der Waals surface area contributed by atoms with Gasteiger partial charge in [0.05, 0.1) is 27.6 Å². The Kier molecular flexibility index (Phi) is 10.2. The Morgan fingerprint density at radius 1 is 0.233 bits per heavy atom. The monoisotopic (exact) mass is 1140 g/mol. The highest BCUT2D eigenvalue weighted by Crippen LogP contribution is 2.66. The molecule has 4 aliphatic rings. The molecule has 16 aromatic rings. The van der Waals surface area contributed by atoms with E-state index in [1.165, 1.54) is 155 Å². The van der Waals surface area contributed by atoms with E-state index < -0.39 is 10.8 Å². The minimum absolute atomic E-state index is 0.506. The standard InChI is InChI=1S/C88H54N2/c1-3-24-57(25-4-1)89(59-48-51-82-72(54-59)68-34-15-22-44-81(68)90(82)58-26-5-2-6-27-58)83-45-23-37-71-84(55-46-49-66-64-32-13-20-42-77(64)87(79(66)52-55)73-38-16-9-28-60(73)61-29-10-17-39-74(61)87)69-35-7-8-36-70(69)85(86(71)83)56-47-50-67-65-33-14-21-43-78(65)88(80(67)53-56)75-40-18-11-30-62(75)63-31-12-19-41-76(63)88/h1-54H. The van der Waals surface area contributed by atoms with Gasteiger partial charge in [0.2, 0.25) is 0 Å². The van der Waals surface area contributed by atoms with E-state index in [0.717, 1.165) is 22.7 Å². The Hall–Kier alpha value is -11.6. The molecular formula is C88H54N2. The number of anilines is 3. The van der Waals surface area contributed by atoms with Gasteiger partial charge in [0.15, 0.2) is 0 Å². The summed E-state index contributed by atoms with van der Waals surface area (Å²) in [6.45, 7) is 0. The highest BCUT2D eigenvalue weighted by Gasteiger charge is 2.53. The number of fused-ring (bicyclic) bond motifs is 25. The van der Waals surface area contributed by atoms with Crippen LogP contribution in [-0.4, -0.2) is 4.57 Å². The van der Waals surface area contributed by atoms with Gasteiger partial charge in [-0.15, -0.1) is 0 Å². The summed E-state index contributed by atoms with van der Waals surface area (Å²) in [4.78, 5) is 2.54. The van der Waals surface area contributed by atoms with E-state index in [0.29, 0.717) is 0 Å². The molecule has 416 valence electrons. The van der Waals surface area contributed by atoms with Crippen molar-refractivity contribution in [3.63, 3.8) is 0 Å². The number of aromatic nitrogens is 1. The van der Waals surface area contributed by atoms with Crippen LogP contribution in [0, 0.1) is 0 Å². The lowest BCUT2D eigenvalue weighted by Gasteiger charge is -2.32. The van der Waals surface area contributed by atoms with Gasteiger partial charge in [-0.3, -0.25) is 0 Å². The van der Waals surface area contributed by atoms with Crippen LogP contribution in [0.2, 0.25) is 0 Å². The highest BCUT2D eigenvalue weighted by atomic mass is 15.1. The van der Waals surface area contributed by atoms with Crippen LogP contribution in [0.15, 0.2) is 328 Å². The van der Waals surface area contributed by atoms with Crippen LogP contribution >= 0.6 is 0 Å². The Balaban J connectivity index is 0.907. The first kappa shape index (κ1) is 49.5. The average Bonchev–Trinajstić information content (AvgIpc) is 1.48. The highest BCUT2D eigenvalue weighted by molar-refractivity contribution is 6.26. The second-order valence-electron chi connectivity index (χ2n) is 24.9. The van der Waals surface area contributed by atoms with Gasteiger partial charge in [-0.25, -0.2) is 0 Å². The fourth-order valence-electron chi connectivity index (χ4n) is 17.5. The molecule has 15 aromatic carbocycles. The molecular weight excluding hydrogens is 1080 g/mol. The third-order valence-corrected chi connectivity index (χ3v) is 20.8. The third-order valence-electron chi connectivity index (χ3n) is 20.8. The van der Waals surface area contributed by atoms with E-state index in [9.17, 15) is 0 Å². The Morgan fingerprint density at radius 2 is 0.622 bits per heavy atom. The minimum atomic E-state index is -0.524. The van der Waals surface area contributed by atoms with Gasteiger partial charge < -0.3 is 9.47 Å². The van der Waals surface area contributed by atoms with Gasteiger partial charge in [-0.05, 0) is 194 Å². The van der Waals surface area contributed by atoms with Crippen molar-refractivity contribution in [3.05, 3.63) is 372 Å². The molecule has 1 heterocycles. The Morgan fingerprint density at radius 3 is 1.13 bits per heavy atom. The summed E-state index contributed by atoms with van der Waals surface area (Å²) in [5.41, 5.74) is 31.6. The van der Waals surface area contributed by atoms with Crippen LogP contribution in [0.5, 0.6) is 0 Å². The summed E-state index contributed by atoms with van der Waals surface area (Å²) in [5, 5.41) is 7.21. The summed E-state index contributed by atoms with van der Waals surface area (Å²) in [6, 6.07) is 124. The Labute approximate surface area is 522 Å². The van der Waals surface area contributed by atoms with Gasteiger partial charge in [-0.2, -0.15) is 0 Å². The molecule has 0 radical (unpaired) electrons. The van der Waals surface area contributed by atoms with Crippen LogP contribution in [0.4, 0.5) is 17.1 Å². The molecule has 0 saturated carbocycles. The maximum Gasteiger partial charge on any atom is 0.0725 e. The lowest BCUT2D eigenvalue weighted by Crippen LogP contribution is -2.25. The first-order valence-electron chi connectivity index (χ1n) is 31.5. The topological polar surface area (TPSA) is 8.17 Å². The van der Waals surface area contributed by atoms with Crippen molar-refractivity contribution in [2.24, 2.45) is 0 Å². The number of rotatable bonds is 6. The molecule has 0 saturated heterocycles. The zero-order valence-corrected chi connectivity index (χ0v) is 49.1. The molecule has 2 heteroatoms. The lowest BCUT2D eigenvalue weighted by molar-refractivity contribution is 0.794. The SMILES string of the molecule is c1ccc(N(c2ccc3c(c2)c2ccccc2n3-c2ccccc2)c2cccc3c(-c4ccc5c(c4)C4(c6ccccc6-c6ccccc64)c4ccccc4-5)c4ccccc4c(-c4ccc5c(c4)C4(c6ccccc6-c6ccccc64)c4ccccc4-5)c23)cc1. The predicted octanol–water partition coefficient (Wildman–Crippen LogP) is 22.6. The number of nitrogens with zero attached hydrogens (tertiary/aromatic N) is 2. The van der Waals surface area contributed by atoms with E-state index in [4.69, 9.17) is 0 Å². The molecule has 0 fully saturated rings. The second-order valence-corrected chi connectivity index (χ2v) is 24.9. The average molecular weight is 1140 g/mol. The maximum atomic E-state index is 2.59. The zero-order valence-electron chi connectivity index (χ0n) is 49.1. The molecule has 2 spiro atoms. The molecule has 0 amide bonds. The van der Waals surface area contributed by atoms with Gasteiger partial charge >= 0.3 is 0 Å². The smallest absolute Gasteiger partial charge is 0.0725 e. The van der Waals surface area contributed by atoms with E-state index in [1.807, 2.05) is 0 Å². The summed E-state index contributed by atoms with van der Waals surface area (Å²) < 4.78 is 2.41. The van der Waals surface area contributed by atoms with Gasteiger partial charge in [0.25, 0.3) is 0 Å². The molecule has 20 rings (SSSR count). The minimum Gasteiger partial charge on any atom is -0.310 e. The van der Waals surface area contributed by atoms with Crippen molar-refractivity contribution >= 4 is 60.4 Å². The van der Waals surface area contributed by atoms with Gasteiger partial charge in [-0.1, -0.05) is 261 Å². The molecule has 90 heavy (non-hydrogen) atoms. The molecule has 0 atom stereocenters. The summed E-state index contributed by atoms with van der Waals surface area (Å²) in [7, 11) is 0. The van der Waals surface area contributed by atoms with Crippen molar-refractivity contribution in [3.8, 4) is 72.4 Å². The van der Waals surface area contributed by atoms with Crippen LogP contribution < -0.4 is 4.90 Å². The van der Waals surface area contributed by atoms with Crippen molar-refractivity contribution in [2.45, 2.75) is 10.8 Å². The van der Waals surface area contributed by atoms with E-state index in [2.05, 4.69) is 337 Å². The quantitative estimate of drug-likeness (QED) is 0.151. The molecule has 0 aliphatic heterocycles. The fraction of sp³-hybridized carbons (Fsp3) is 0.0227. The molecule has 0 bridgehead atoms. The first-order valence-corrected chi connectivity index (χ1v) is 31.5. The predicted molar refractivity (Wildman–Crippen MR) is 374 cm³/mol. The third kappa shape index (κ3) is 6.36. The normalized spacial score (nSPS) is 13.7. The van der Waals surface area contributed by atoms with E-state index >= 15 is 0 Å². The number of hydrogen-bond donors (Lipinski definition) is 0. The number of para-hydroxylation sites is 3. The number of benzene rings is 15. The molecule has 2 nitrogen and oxygen atoms in total. The van der Waals surface area contributed by atoms with Gasteiger partial charge in [0, 0.05) is 33.2 Å². The summed E-state index contributed by atoms with van der Waals surface area (Å²) in [6.07, 6.45) is 0. The largest absolute Gasteiger partial charge is 0.310 e. The molecule has 0 N–H and O–H groups in total. The van der Waals surface area contributed by atoms with Crippen molar-refractivity contribution in [2.75, 3.05) is 4.90 Å². The van der Waals surface area contributed by atoms with Crippen LogP contribution in [0.25, 0.3) is 116 Å². The molecule has 0 unspecified atom stereocenters. The lowest BCUT2D eigenvalue weighted by atomic mass is 9.70. The Bertz CT molecular complexity index is 5620. The van der Waals surface area contributed by atoms with Gasteiger partial charge in [0.1, 0.15) is 0 Å². The fourth-order valence-corrected chi connectivity index (χ4v) is 17.5. The second kappa shape index (κ2) is 18.5. The van der Waals surface area contributed by atoms with Crippen molar-refractivity contribution < 1.29 is 0 Å². The molecule has 4 aliphatic carbocycles. The first-order chi connectivity index (χ1) is 44.7. The van der Waals surface area contributed by atoms with Crippen LogP contribution in [0.1, 0.15) is 44.5 Å². The van der Waals surface area contributed by atoms with Crippen molar-refractivity contribution in [1.82, 2.24) is 4.57 Å². The number of hydrogen-bond acceptors (Lipinski definition) is 1. The molecule has 1 aromatic heterocycles. The van der Waals surface area contributed by atoms with Crippen LogP contribution in [-0.2, 0) is 10.8 Å². The van der Waals surface area contributed by atoms with Crippen molar-refractivity contribution in [1.29, 1.82) is 0 Å². The van der Waals surface area contributed by atoms with Crippen LogP contribution in [0.3, 0.4) is 0 Å². The van der Waals surface area contributed by atoms with E-state index in [-0.39, 0.29) is 0 Å². The summed E-state index contributed by atoms with van der Waals surface area (Å²) in [5.74, 6) is 0. The zero-order chi connectivity index (χ0) is 58.8. The van der Waals surface area contributed by atoms with E-state index in [1.54, 1.807) is 0 Å². The maximum absolute atomic E-state index is 2.59. The summed E-state index contributed by atoms with van der Waals surface area (Å²) >= 11 is 0.